The molecular formula is C21H34O5. The van der Waals surface area contributed by atoms with Crippen molar-refractivity contribution < 1.29 is 24.9 Å². The van der Waals surface area contributed by atoms with Crippen molar-refractivity contribution in [3.63, 3.8) is 0 Å². The molecule has 4 atom stereocenters. The third-order valence-electron chi connectivity index (χ3n) is 6.07. The molecule has 0 aromatic carbocycles. The second-order valence-corrected chi connectivity index (χ2v) is 8.10. The van der Waals surface area contributed by atoms with Gasteiger partial charge < -0.3 is 15.3 Å². The van der Waals surface area contributed by atoms with E-state index in [-0.39, 0.29) is 24.0 Å². The summed E-state index contributed by atoms with van der Waals surface area (Å²) in [6.07, 6.45) is 12.3. The molecule has 0 spiro atoms. The molecule has 148 valence electrons. The van der Waals surface area contributed by atoms with Gasteiger partial charge >= 0.3 is 5.97 Å². The van der Waals surface area contributed by atoms with E-state index in [4.69, 9.17) is 5.11 Å². The average molecular weight is 366 g/mol. The lowest BCUT2D eigenvalue weighted by Gasteiger charge is -2.25. The van der Waals surface area contributed by atoms with Gasteiger partial charge in [-0.2, -0.15) is 0 Å². The maximum atomic E-state index is 12.2. The minimum atomic E-state index is -0.821. The summed E-state index contributed by atoms with van der Waals surface area (Å²) < 4.78 is 0. The van der Waals surface area contributed by atoms with Crippen LogP contribution in [-0.4, -0.2) is 39.3 Å². The number of aliphatic carboxylic acids is 1. The first-order chi connectivity index (χ1) is 12.5. The van der Waals surface area contributed by atoms with Crippen LogP contribution in [0.5, 0.6) is 0 Å². The van der Waals surface area contributed by atoms with Gasteiger partial charge in [0.2, 0.25) is 0 Å². The van der Waals surface area contributed by atoms with Crippen LogP contribution in [0.1, 0.15) is 77.0 Å². The van der Waals surface area contributed by atoms with Crippen molar-refractivity contribution in [2.24, 2.45) is 17.8 Å². The number of rotatable bonds is 10. The molecule has 0 bridgehead atoms. The van der Waals surface area contributed by atoms with Crippen LogP contribution in [0, 0.1) is 17.8 Å². The molecule has 0 unspecified atom stereocenters. The zero-order valence-electron chi connectivity index (χ0n) is 15.7. The third-order valence-corrected chi connectivity index (χ3v) is 6.07. The van der Waals surface area contributed by atoms with Crippen LogP contribution in [-0.2, 0) is 9.59 Å². The number of hydrogen-bond acceptors (Lipinski definition) is 4. The monoisotopic (exact) mass is 366 g/mol. The number of carboxylic acid groups (broad SMARTS) is 1. The molecule has 0 amide bonds. The Morgan fingerprint density at radius 1 is 1.00 bits per heavy atom. The Morgan fingerprint density at radius 3 is 2.38 bits per heavy atom. The van der Waals surface area contributed by atoms with Crippen molar-refractivity contribution in [2.75, 3.05) is 0 Å². The van der Waals surface area contributed by atoms with Crippen LogP contribution in [0.25, 0.3) is 0 Å². The highest BCUT2D eigenvalue weighted by molar-refractivity contribution is 5.78. The molecule has 0 aromatic heterocycles. The lowest BCUT2D eigenvalue weighted by molar-refractivity contribution is -0.137. The molecule has 0 radical (unpaired) electrons. The second-order valence-electron chi connectivity index (χ2n) is 8.10. The van der Waals surface area contributed by atoms with Crippen LogP contribution < -0.4 is 0 Å². The van der Waals surface area contributed by atoms with E-state index in [2.05, 4.69) is 0 Å². The number of carboxylic acids is 1. The molecule has 2 rings (SSSR count). The van der Waals surface area contributed by atoms with Crippen LogP contribution in [0.3, 0.4) is 0 Å². The van der Waals surface area contributed by atoms with Gasteiger partial charge in [-0.3, -0.25) is 9.59 Å². The van der Waals surface area contributed by atoms with E-state index in [1.165, 1.54) is 19.3 Å². The van der Waals surface area contributed by atoms with Crippen LogP contribution in [0.4, 0.5) is 0 Å². The van der Waals surface area contributed by atoms with Gasteiger partial charge in [-0.25, -0.2) is 0 Å². The Kier molecular flexibility index (Phi) is 8.79. The molecule has 0 heterocycles. The summed E-state index contributed by atoms with van der Waals surface area (Å²) in [5.41, 5.74) is 0. The molecule has 0 aliphatic heterocycles. The van der Waals surface area contributed by atoms with Gasteiger partial charge in [0.25, 0.3) is 0 Å². The molecule has 2 aliphatic carbocycles. The van der Waals surface area contributed by atoms with Gasteiger partial charge in [0.05, 0.1) is 12.2 Å². The summed E-state index contributed by atoms with van der Waals surface area (Å²) in [6.45, 7) is 0. The SMILES string of the molecule is O=C(O)CCCCC(=O)C[C@H]1CC[C@@H](O)[C@@H]1/C=C/[C@@H](O)C1CCCCC1. The highest BCUT2D eigenvalue weighted by atomic mass is 16.4. The van der Waals surface area contributed by atoms with Crippen LogP contribution in [0.15, 0.2) is 12.2 Å². The van der Waals surface area contributed by atoms with E-state index in [0.29, 0.717) is 38.0 Å². The second kappa shape index (κ2) is 10.8. The first kappa shape index (κ1) is 21.1. The van der Waals surface area contributed by atoms with Crippen LogP contribution in [0.2, 0.25) is 0 Å². The fraction of sp³-hybridized carbons (Fsp3) is 0.810. The number of Topliss-reactive ketones (excluding diaryl/α,β-unsaturated/α-hetero) is 1. The predicted molar refractivity (Wildman–Crippen MR) is 99.7 cm³/mol. The van der Waals surface area contributed by atoms with Crippen molar-refractivity contribution >= 4 is 11.8 Å². The Labute approximate surface area is 156 Å². The van der Waals surface area contributed by atoms with Crippen LogP contribution >= 0.6 is 0 Å². The van der Waals surface area contributed by atoms with Gasteiger partial charge in [0.1, 0.15) is 5.78 Å². The fourth-order valence-electron chi connectivity index (χ4n) is 4.48. The normalized spacial score (nSPS) is 28.5. The van der Waals surface area contributed by atoms with Gasteiger partial charge in [-0.05, 0) is 50.4 Å². The maximum absolute atomic E-state index is 12.2. The maximum Gasteiger partial charge on any atom is 0.303 e. The molecule has 2 saturated carbocycles. The molecule has 5 nitrogen and oxygen atoms in total. The summed E-state index contributed by atoms with van der Waals surface area (Å²) in [7, 11) is 0. The highest BCUT2D eigenvalue weighted by Gasteiger charge is 2.34. The molecule has 2 aliphatic rings. The van der Waals surface area contributed by atoms with E-state index >= 15 is 0 Å². The first-order valence-corrected chi connectivity index (χ1v) is 10.3. The minimum Gasteiger partial charge on any atom is -0.481 e. The quantitative estimate of drug-likeness (QED) is 0.406. The number of ketones is 1. The van der Waals surface area contributed by atoms with Crippen molar-refractivity contribution in [1.82, 2.24) is 0 Å². The summed E-state index contributed by atoms with van der Waals surface area (Å²) in [6, 6.07) is 0. The molecule has 26 heavy (non-hydrogen) atoms. The van der Waals surface area contributed by atoms with E-state index in [9.17, 15) is 19.8 Å². The number of carbonyl (C=O) groups excluding carboxylic acids is 1. The van der Waals surface area contributed by atoms with E-state index in [1.54, 1.807) is 0 Å². The molecule has 2 fully saturated rings. The van der Waals surface area contributed by atoms with Gasteiger partial charge in [0, 0.05) is 25.2 Å². The van der Waals surface area contributed by atoms with E-state index < -0.39 is 18.2 Å². The van der Waals surface area contributed by atoms with Gasteiger partial charge in [0.15, 0.2) is 0 Å². The van der Waals surface area contributed by atoms with E-state index in [1.807, 2.05) is 12.2 Å². The summed E-state index contributed by atoms with van der Waals surface area (Å²) in [5, 5.41) is 29.3. The molecule has 0 aromatic rings. The lowest BCUT2D eigenvalue weighted by Crippen LogP contribution is -2.23. The summed E-state index contributed by atoms with van der Waals surface area (Å²) >= 11 is 0. The van der Waals surface area contributed by atoms with Gasteiger partial charge in [-0.1, -0.05) is 31.4 Å². The Bertz CT molecular complexity index is 481. The lowest BCUT2D eigenvalue weighted by atomic mass is 9.83. The van der Waals surface area contributed by atoms with Gasteiger partial charge in [-0.15, -0.1) is 0 Å². The van der Waals surface area contributed by atoms with Crippen molar-refractivity contribution in [1.29, 1.82) is 0 Å². The zero-order valence-corrected chi connectivity index (χ0v) is 15.7. The summed E-state index contributed by atoms with van der Waals surface area (Å²) in [4.78, 5) is 22.7. The third kappa shape index (κ3) is 6.84. The Balaban J connectivity index is 1.79. The molecule has 3 N–H and O–H groups in total. The number of unbranched alkanes of at least 4 members (excludes halogenated alkanes) is 1. The Morgan fingerprint density at radius 2 is 1.69 bits per heavy atom. The average Bonchev–Trinajstić information content (AvgIpc) is 2.97. The van der Waals surface area contributed by atoms with Crippen molar-refractivity contribution in [3.8, 4) is 0 Å². The number of hydrogen-bond donors (Lipinski definition) is 3. The summed E-state index contributed by atoms with van der Waals surface area (Å²) in [5.74, 6) is -0.269. The predicted octanol–water partition coefficient (Wildman–Crippen LogP) is 3.48. The van der Waals surface area contributed by atoms with Crippen molar-refractivity contribution in [2.45, 2.75) is 89.3 Å². The first-order valence-electron chi connectivity index (χ1n) is 10.3. The van der Waals surface area contributed by atoms with Crippen molar-refractivity contribution in [3.05, 3.63) is 12.2 Å². The molecule has 5 heteroatoms. The van der Waals surface area contributed by atoms with E-state index in [0.717, 1.165) is 19.3 Å². The highest BCUT2D eigenvalue weighted by Crippen LogP contribution is 2.36. The minimum absolute atomic E-state index is 0.0591. The number of aliphatic hydroxyl groups is 2. The standard InChI is InChI=1S/C21H34O5/c22-17(8-4-5-9-21(25)26)14-16-10-12-20(24)18(16)11-13-19(23)15-6-2-1-3-7-15/h11,13,15-16,18-20,23-24H,1-10,12,14H2,(H,25,26)/b13-11+/t16-,18-,19-,20-/m1/s1. The fourth-order valence-corrected chi connectivity index (χ4v) is 4.48. The Hall–Kier alpha value is -1.20. The number of aliphatic hydroxyl groups excluding tert-OH is 2. The molecule has 0 saturated heterocycles. The largest absolute Gasteiger partial charge is 0.481 e. The zero-order chi connectivity index (χ0) is 18.9. The molecular weight excluding hydrogens is 332 g/mol. The topological polar surface area (TPSA) is 94.8 Å². The number of carbonyl (C=O) groups is 2. The smallest absolute Gasteiger partial charge is 0.303 e.